The average Bonchev–Trinajstić information content (AvgIpc) is 2.73. The van der Waals surface area contributed by atoms with E-state index in [2.05, 4.69) is 11.4 Å². The van der Waals surface area contributed by atoms with Gasteiger partial charge in [0.05, 0.1) is 5.75 Å². The largest absolute Gasteiger partial charge is 0.351 e. The van der Waals surface area contributed by atoms with Crippen LogP contribution in [0.25, 0.3) is 0 Å². The first-order chi connectivity index (χ1) is 10.7. The summed E-state index contributed by atoms with van der Waals surface area (Å²) in [5, 5.41) is 3.65. The molecule has 1 unspecified atom stereocenters. The summed E-state index contributed by atoms with van der Waals surface area (Å²) in [4.78, 5) is 12.5. The number of hydrogen-bond donors (Lipinski definition) is 1. The molecule has 1 amide bonds. The van der Waals surface area contributed by atoms with E-state index in [0.29, 0.717) is 19.5 Å². The van der Waals surface area contributed by atoms with Gasteiger partial charge in [-0.05, 0) is 43.3 Å². The van der Waals surface area contributed by atoms with Gasteiger partial charge in [0.2, 0.25) is 15.9 Å². The molecule has 0 saturated carbocycles. The number of hydrogen-bond acceptors (Lipinski definition) is 3. The van der Waals surface area contributed by atoms with E-state index in [1.807, 2.05) is 20.8 Å². The number of amides is 1. The summed E-state index contributed by atoms with van der Waals surface area (Å²) in [6, 6.07) is -0.602. The number of carbonyl (C=O) groups is 1. The molecule has 1 aliphatic carbocycles. The van der Waals surface area contributed by atoms with Crippen LogP contribution in [-0.2, 0) is 14.8 Å². The third-order valence-electron chi connectivity index (χ3n) is 4.26. The fraction of sp³-hybridized carbons (Fsp3) is 0.688. The smallest absolute Gasteiger partial charge is 0.238 e. The fourth-order valence-corrected chi connectivity index (χ4v) is 5.21. The summed E-state index contributed by atoms with van der Waals surface area (Å²) in [7, 11) is -3.32. The first-order valence-corrected chi connectivity index (χ1v) is 10.0. The van der Waals surface area contributed by atoms with Gasteiger partial charge in [-0.1, -0.05) is 31.5 Å². The number of nitrogens with zero attached hydrogens (tertiary/aromatic N) is 1. The molecule has 0 aromatic rings. The third kappa shape index (κ3) is 4.37. The molecule has 5 nitrogen and oxygen atoms in total. The Hall–Kier alpha value is -0.850. The maximum absolute atomic E-state index is 12.5. The lowest BCUT2D eigenvalue weighted by Crippen LogP contribution is -2.46. The van der Waals surface area contributed by atoms with E-state index in [-0.39, 0.29) is 17.6 Å². The molecule has 23 heavy (non-hydrogen) atoms. The van der Waals surface area contributed by atoms with Crippen LogP contribution in [0.2, 0.25) is 0 Å². The zero-order valence-corrected chi connectivity index (χ0v) is 15.5. The Labute approximate surface area is 143 Å². The second kappa shape index (κ2) is 7.36. The van der Waals surface area contributed by atoms with Crippen LogP contribution in [0.3, 0.4) is 0 Å². The van der Waals surface area contributed by atoms with E-state index < -0.39 is 16.1 Å². The van der Waals surface area contributed by atoms with Crippen molar-refractivity contribution < 1.29 is 13.2 Å². The standard InChI is InChI=1S/C16H25ClN2O3S/c1-11(2)10-19-15(7-8-23(19,21)22)16(20)18-9-13-12(3)5-4-6-14(13)17/h5,11,15H,4,6-10H2,1-3H3,(H,18,20). The topological polar surface area (TPSA) is 66.5 Å². The Balaban J connectivity index is 2.04. The Morgan fingerprint density at radius 2 is 2.17 bits per heavy atom. The van der Waals surface area contributed by atoms with Crippen LogP contribution in [0.5, 0.6) is 0 Å². The molecule has 0 spiro atoms. The van der Waals surface area contributed by atoms with Gasteiger partial charge in [-0.25, -0.2) is 8.42 Å². The Kier molecular flexibility index (Phi) is 5.92. The molecule has 7 heteroatoms. The minimum atomic E-state index is -3.32. The number of rotatable bonds is 5. The van der Waals surface area contributed by atoms with E-state index in [4.69, 9.17) is 11.6 Å². The summed E-state index contributed by atoms with van der Waals surface area (Å²) in [6.07, 6.45) is 4.17. The van der Waals surface area contributed by atoms with Gasteiger partial charge in [0.15, 0.2) is 0 Å². The van der Waals surface area contributed by atoms with Crippen LogP contribution >= 0.6 is 11.6 Å². The number of halogens is 1. The zero-order chi connectivity index (χ0) is 17.2. The quantitative estimate of drug-likeness (QED) is 0.818. The highest BCUT2D eigenvalue weighted by atomic mass is 35.5. The molecule has 0 aromatic carbocycles. The van der Waals surface area contributed by atoms with Gasteiger partial charge < -0.3 is 5.32 Å². The Bertz CT molecular complexity index is 638. The van der Waals surface area contributed by atoms with Crippen molar-refractivity contribution in [3.05, 3.63) is 22.3 Å². The summed E-state index contributed by atoms with van der Waals surface area (Å²) >= 11 is 6.24. The number of carbonyl (C=O) groups excluding carboxylic acids is 1. The summed E-state index contributed by atoms with van der Waals surface area (Å²) < 4.78 is 25.6. The predicted octanol–water partition coefficient (Wildman–Crippen LogP) is 2.40. The van der Waals surface area contributed by atoms with Crippen LogP contribution < -0.4 is 5.32 Å². The third-order valence-corrected chi connectivity index (χ3v) is 6.55. The molecule has 1 fully saturated rings. The van der Waals surface area contributed by atoms with Gasteiger partial charge in [0.25, 0.3) is 0 Å². The normalized spacial score (nSPS) is 24.9. The molecular weight excluding hydrogens is 336 g/mol. The molecule has 1 aliphatic heterocycles. The van der Waals surface area contributed by atoms with E-state index in [1.165, 1.54) is 4.31 Å². The van der Waals surface area contributed by atoms with E-state index in [9.17, 15) is 13.2 Å². The van der Waals surface area contributed by atoms with Crippen molar-refractivity contribution in [1.29, 1.82) is 0 Å². The molecule has 1 saturated heterocycles. The van der Waals surface area contributed by atoms with Crippen LogP contribution in [0.4, 0.5) is 0 Å². The van der Waals surface area contributed by atoms with Gasteiger partial charge >= 0.3 is 0 Å². The molecule has 2 rings (SSSR count). The van der Waals surface area contributed by atoms with E-state index in [1.54, 1.807) is 0 Å². The highest BCUT2D eigenvalue weighted by Gasteiger charge is 2.41. The first-order valence-electron chi connectivity index (χ1n) is 8.04. The molecule has 130 valence electrons. The molecule has 0 radical (unpaired) electrons. The lowest BCUT2D eigenvalue weighted by atomic mass is 9.99. The molecule has 1 heterocycles. The summed E-state index contributed by atoms with van der Waals surface area (Å²) in [5.74, 6) is -0.0129. The maximum atomic E-state index is 12.5. The van der Waals surface area contributed by atoms with Gasteiger partial charge in [-0.3, -0.25) is 4.79 Å². The molecule has 1 atom stereocenters. The lowest BCUT2D eigenvalue weighted by Gasteiger charge is -2.24. The fourth-order valence-electron chi connectivity index (χ4n) is 3.01. The Morgan fingerprint density at radius 3 is 2.78 bits per heavy atom. The van der Waals surface area contributed by atoms with Crippen molar-refractivity contribution >= 4 is 27.5 Å². The highest BCUT2D eigenvalue weighted by Crippen LogP contribution is 2.27. The average molecular weight is 361 g/mol. The van der Waals surface area contributed by atoms with Crippen LogP contribution in [-0.4, -0.2) is 43.5 Å². The van der Waals surface area contributed by atoms with Crippen molar-refractivity contribution in [2.75, 3.05) is 18.8 Å². The molecule has 1 N–H and O–H groups in total. The predicted molar refractivity (Wildman–Crippen MR) is 92.6 cm³/mol. The number of nitrogens with one attached hydrogen (secondary N) is 1. The molecule has 0 aromatic heterocycles. The van der Waals surface area contributed by atoms with Gasteiger partial charge in [0.1, 0.15) is 6.04 Å². The lowest BCUT2D eigenvalue weighted by molar-refractivity contribution is -0.124. The summed E-state index contributed by atoms with van der Waals surface area (Å²) in [6.45, 7) is 6.61. The van der Waals surface area contributed by atoms with E-state index >= 15 is 0 Å². The van der Waals surface area contributed by atoms with Crippen molar-refractivity contribution in [2.45, 2.75) is 46.1 Å². The van der Waals surface area contributed by atoms with Gasteiger partial charge in [0, 0.05) is 18.1 Å². The van der Waals surface area contributed by atoms with Crippen LogP contribution in [0.15, 0.2) is 22.3 Å². The second-order valence-corrected chi connectivity index (χ2v) is 9.11. The minimum Gasteiger partial charge on any atom is -0.351 e. The zero-order valence-electron chi connectivity index (χ0n) is 13.9. The number of sulfonamides is 1. The van der Waals surface area contributed by atoms with Gasteiger partial charge in [-0.2, -0.15) is 4.31 Å². The molecule has 2 aliphatic rings. The number of allylic oxidation sites excluding steroid dienone is 2. The molecular formula is C16H25ClN2O3S. The maximum Gasteiger partial charge on any atom is 0.238 e. The van der Waals surface area contributed by atoms with Crippen molar-refractivity contribution in [1.82, 2.24) is 9.62 Å². The highest BCUT2D eigenvalue weighted by molar-refractivity contribution is 7.89. The van der Waals surface area contributed by atoms with Crippen LogP contribution in [0, 0.1) is 5.92 Å². The first kappa shape index (κ1) is 18.5. The van der Waals surface area contributed by atoms with Gasteiger partial charge in [-0.15, -0.1) is 0 Å². The van der Waals surface area contributed by atoms with Crippen LogP contribution in [0.1, 0.15) is 40.0 Å². The molecule has 0 bridgehead atoms. The van der Waals surface area contributed by atoms with E-state index in [0.717, 1.165) is 29.0 Å². The summed E-state index contributed by atoms with van der Waals surface area (Å²) in [5.41, 5.74) is 2.03. The Morgan fingerprint density at radius 1 is 1.48 bits per heavy atom. The SMILES string of the molecule is CC1=CCCC(Cl)=C1CNC(=O)C1CCS(=O)(=O)N1CC(C)C. The minimum absolute atomic E-state index is 0.0419. The van der Waals surface area contributed by atoms with Crippen molar-refractivity contribution in [2.24, 2.45) is 5.92 Å². The monoisotopic (exact) mass is 360 g/mol. The van der Waals surface area contributed by atoms with Crippen molar-refractivity contribution in [3.63, 3.8) is 0 Å². The second-order valence-electron chi connectivity index (χ2n) is 6.61. The van der Waals surface area contributed by atoms with Crippen molar-refractivity contribution in [3.8, 4) is 0 Å².